The van der Waals surface area contributed by atoms with Crippen LogP contribution in [0.4, 0.5) is 4.39 Å². The van der Waals surface area contributed by atoms with Crippen molar-refractivity contribution in [3.8, 4) is 0 Å². The number of ether oxygens (including phenoxy) is 1. The van der Waals surface area contributed by atoms with Crippen LogP contribution >= 0.6 is 11.8 Å². The normalized spacial score (nSPS) is 24.3. The van der Waals surface area contributed by atoms with Crippen molar-refractivity contribution in [2.75, 3.05) is 12.4 Å². The highest BCUT2D eigenvalue weighted by atomic mass is 32.2. The van der Waals surface area contributed by atoms with Crippen molar-refractivity contribution in [3.63, 3.8) is 0 Å². The minimum Gasteiger partial charge on any atom is -0.375 e. The number of thioether (sulfide) groups is 1. The molecular formula is C17H21FO2S. The topological polar surface area (TPSA) is 26.3 Å². The first-order chi connectivity index (χ1) is 10.2. The van der Waals surface area contributed by atoms with Crippen molar-refractivity contribution in [2.45, 2.75) is 49.0 Å². The molecule has 1 spiro atoms. The fourth-order valence-corrected chi connectivity index (χ4v) is 4.41. The first-order valence-electron chi connectivity index (χ1n) is 7.72. The van der Waals surface area contributed by atoms with Gasteiger partial charge < -0.3 is 4.74 Å². The predicted octanol–water partition coefficient (Wildman–Crippen LogP) is 4.23. The van der Waals surface area contributed by atoms with E-state index in [0.717, 1.165) is 30.6 Å². The summed E-state index contributed by atoms with van der Waals surface area (Å²) in [5.41, 5.74) is -0.0118. The number of carbonyl (C=O) groups is 1. The zero-order valence-electron chi connectivity index (χ0n) is 12.1. The van der Waals surface area contributed by atoms with Gasteiger partial charge in [0.25, 0.3) is 0 Å². The standard InChI is InChI=1S/C17H21FO2S/c18-14-4-3-5-15(10-14)21-12-16(19)13-6-9-20-17(11-13)7-1-2-8-17/h3-5,10,13H,1-2,6-9,11-12H2. The van der Waals surface area contributed by atoms with E-state index in [9.17, 15) is 9.18 Å². The maximum atomic E-state index is 13.1. The molecule has 0 amide bonds. The Bertz CT molecular complexity index is 511. The Morgan fingerprint density at radius 3 is 2.95 bits per heavy atom. The first-order valence-corrected chi connectivity index (χ1v) is 8.71. The molecule has 2 aliphatic rings. The average Bonchev–Trinajstić information content (AvgIpc) is 2.93. The number of Topliss-reactive ketones (excluding diaryl/α,β-unsaturated/α-hetero) is 1. The fourth-order valence-electron chi connectivity index (χ4n) is 3.50. The third-order valence-electron chi connectivity index (χ3n) is 4.64. The molecule has 21 heavy (non-hydrogen) atoms. The number of rotatable bonds is 4. The van der Waals surface area contributed by atoms with Crippen molar-refractivity contribution in [3.05, 3.63) is 30.1 Å². The Kier molecular flexibility index (Phi) is 4.65. The summed E-state index contributed by atoms with van der Waals surface area (Å²) in [5.74, 6) is 0.602. The van der Waals surface area contributed by atoms with Crippen LogP contribution in [0.2, 0.25) is 0 Å². The molecule has 1 heterocycles. The van der Waals surface area contributed by atoms with E-state index in [0.29, 0.717) is 18.1 Å². The summed E-state index contributed by atoms with van der Waals surface area (Å²) in [6.07, 6.45) is 6.37. The molecule has 2 fully saturated rings. The predicted molar refractivity (Wildman–Crippen MR) is 82.0 cm³/mol. The summed E-state index contributed by atoms with van der Waals surface area (Å²) >= 11 is 1.44. The van der Waals surface area contributed by atoms with Crippen molar-refractivity contribution >= 4 is 17.5 Å². The van der Waals surface area contributed by atoms with Crippen LogP contribution in [0.3, 0.4) is 0 Å². The van der Waals surface area contributed by atoms with Crippen molar-refractivity contribution in [2.24, 2.45) is 5.92 Å². The third kappa shape index (κ3) is 3.67. The molecule has 114 valence electrons. The Labute approximate surface area is 129 Å². The van der Waals surface area contributed by atoms with E-state index in [-0.39, 0.29) is 17.3 Å². The van der Waals surface area contributed by atoms with Gasteiger partial charge in [0.05, 0.1) is 11.4 Å². The zero-order valence-corrected chi connectivity index (χ0v) is 13.0. The Hall–Kier alpha value is -0.870. The number of ketones is 1. The average molecular weight is 308 g/mol. The Morgan fingerprint density at radius 1 is 1.38 bits per heavy atom. The van der Waals surface area contributed by atoms with Crippen molar-refractivity contribution in [1.82, 2.24) is 0 Å². The van der Waals surface area contributed by atoms with Gasteiger partial charge in [0.2, 0.25) is 0 Å². The molecule has 1 aliphatic heterocycles. The highest BCUT2D eigenvalue weighted by Crippen LogP contribution is 2.42. The highest BCUT2D eigenvalue weighted by molar-refractivity contribution is 8.00. The molecule has 3 rings (SSSR count). The summed E-state index contributed by atoms with van der Waals surface area (Å²) in [7, 11) is 0. The third-order valence-corrected chi connectivity index (χ3v) is 5.66. The van der Waals surface area contributed by atoms with E-state index in [1.807, 2.05) is 6.07 Å². The number of halogens is 1. The molecule has 0 aromatic heterocycles. The second-order valence-electron chi connectivity index (χ2n) is 6.14. The van der Waals surface area contributed by atoms with Crippen LogP contribution in [0, 0.1) is 11.7 Å². The van der Waals surface area contributed by atoms with E-state index in [4.69, 9.17) is 4.74 Å². The Balaban J connectivity index is 1.55. The molecule has 4 heteroatoms. The van der Waals surface area contributed by atoms with Crippen LogP contribution < -0.4 is 0 Å². The minimum atomic E-state index is -0.247. The molecule has 1 aromatic carbocycles. The van der Waals surface area contributed by atoms with Gasteiger partial charge in [0, 0.05) is 17.4 Å². The van der Waals surface area contributed by atoms with Gasteiger partial charge in [-0.3, -0.25) is 4.79 Å². The van der Waals surface area contributed by atoms with Gasteiger partial charge in [-0.25, -0.2) is 4.39 Å². The van der Waals surface area contributed by atoms with Crippen molar-refractivity contribution < 1.29 is 13.9 Å². The van der Waals surface area contributed by atoms with E-state index < -0.39 is 0 Å². The maximum Gasteiger partial charge on any atom is 0.146 e. The monoisotopic (exact) mass is 308 g/mol. The van der Waals surface area contributed by atoms with E-state index in [2.05, 4.69) is 0 Å². The molecule has 1 saturated carbocycles. The lowest BCUT2D eigenvalue weighted by Gasteiger charge is -2.37. The number of hydrogen-bond donors (Lipinski definition) is 0. The molecule has 1 aliphatic carbocycles. The van der Waals surface area contributed by atoms with Crippen molar-refractivity contribution in [1.29, 1.82) is 0 Å². The summed E-state index contributed by atoms with van der Waals surface area (Å²) < 4.78 is 19.1. The van der Waals surface area contributed by atoms with Gasteiger partial charge >= 0.3 is 0 Å². The van der Waals surface area contributed by atoms with Crippen LogP contribution in [-0.2, 0) is 9.53 Å². The fraction of sp³-hybridized carbons (Fsp3) is 0.588. The molecule has 1 saturated heterocycles. The highest BCUT2D eigenvalue weighted by Gasteiger charge is 2.41. The molecule has 1 aromatic rings. The van der Waals surface area contributed by atoms with E-state index in [1.165, 1.54) is 36.7 Å². The summed E-state index contributed by atoms with van der Waals surface area (Å²) in [4.78, 5) is 13.3. The first kappa shape index (κ1) is 15.0. The van der Waals surface area contributed by atoms with Crippen LogP contribution in [0.5, 0.6) is 0 Å². The summed E-state index contributed by atoms with van der Waals surface area (Å²) in [6.45, 7) is 0.709. The largest absolute Gasteiger partial charge is 0.375 e. The van der Waals surface area contributed by atoms with Gasteiger partial charge in [-0.1, -0.05) is 18.9 Å². The van der Waals surface area contributed by atoms with Gasteiger partial charge in [-0.15, -0.1) is 11.8 Å². The van der Waals surface area contributed by atoms with E-state index in [1.54, 1.807) is 6.07 Å². The molecule has 0 bridgehead atoms. The van der Waals surface area contributed by atoms with Gasteiger partial charge in [0.15, 0.2) is 0 Å². The number of hydrogen-bond acceptors (Lipinski definition) is 3. The van der Waals surface area contributed by atoms with E-state index >= 15 is 0 Å². The van der Waals surface area contributed by atoms with Crippen LogP contribution in [-0.4, -0.2) is 23.7 Å². The van der Waals surface area contributed by atoms with Crippen LogP contribution in [0.1, 0.15) is 38.5 Å². The summed E-state index contributed by atoms with van der Waals surface area (Å²) in [5, 5.41) is 0. The molecule has 1 unspecified atom stereocenters. The maximum absolute atomic E-state index is 13.1. The quantitative estimate of drug-likeness (QED) is 0.779. The lowest BCUT2D eigenvalue weighted by atomic mass is 9.83. The number of carbonyl (C=O) groups excluding carboxylic acids is 1. The molecular weight excluding hydrogens is 287 g/mol. The van der Waals surface area contributed by atoms with Gasteiger partial charge in [-0.2, -0.15) is 0 Å². The van der Waals surface area contributed by atoms with Gasteiger partial charge in [0.1, 0.15) is 11.6 Å². The molecule has 2 nitrogen and oxygen atoms in total. The summed E-state index contributed by atoms with van der Waals surface area (Å²) in [6, 6.07) is 6.45. The second-order valence-corrected chi connectivity index (χ2v) is 7.19. The lowest BCUT2D eigenvalue weighted by Crippen LogP contribution is -2.40. The molecule has 0 radical (unpaired) electrons. The second kappa shape index (κ2) is 6.49. The molecule has 0 N–H and O–H groups in total. The zero-order chi connectivity index (χ0) is 14.7. The SMILES string of the molecule is O=C(CSc1cccc(F)c1)C1CCOC2(CCCC2)C1. The van der Waals surface area contributed by atoms with Crippen LogP contribution in [0.15, 0.2) is 29.2 Å². The number of benzene rings is 1. The lowest BCUT2D eigenvalue weighted by molar-refractivity contribution is -0.134. The molecule has 1 atom stereocenters. The smallest absolute Gasteiger partial charge is 0.146 e. The van der Waals surface area contributed by atoms with Crippen LogP contribution in [0.25, 0.3) is 0 Å². The minimum absolute atomic E-state index is 0.0118. The van der Waals surface area contributed by atoms with Gasteiger partial charge in [-0.05, 0) is 43.9 Å². The Morgan fingerprint density at radius 2 is 2.19 bits per heavy atom.